The zero-order valence-electron chi connectivity index (χ0n) is 17.0. The lowest BCUT2D eigenvalue weighted by atomic mass is 9.79. The van der Waals surface area contributed by atoms with E-state index in [4.69, 9.17) is 0 Å². The standard InChI is InChI=1S/C25H24BrNO3S/c26-18-6-7-21(25(30,24(28)29)17-4-2-1-3-5-17)20(15-18)23-19(10-13-31-23)22-14-16-8-11-27(22)12-9-16/h1-7,10,13,15-16,22,30H,8-9,11-12,14H2,(H,28,29)/p-1. The molecule has 1 N–H and O–H groups in total. The number of halogens is 1. The number of nitrogens with zero attached hydrogens (tertiary/aromatic N) is 1. The smallest absolute Gasteiger partial charge is 0.155 e. The van der Waals surface area contributed by atoms with Gasteiger partial charge in [-0.15, -0.1) is 11.3 Å². The molecule has 0 saturated carbocycles. The zero-order valence-corrected chi connectivity index (χ0v) is 19.4. The maximum Gasteiger partial charge on any atom is 0.155 e. The van der Waals surface area contributed by atoms with E-state index in [-0.39, 0.29) is 5.56 Å². The number of carboxylic acids is 1. The van der Waals surface area contributed by atoms with Crippen molar-refractivity contribution in [2.24, 2.45) is 5.92 Å². The highest BCUT2D eigenvalue weighted by Crippen LogP contribution is 2.47. The van der Waals surface area contributed by atoms with E-state index in [1.807, 2.05) is 6.07 Å². The van der Waals surface area contributed by atoms with Crippen LogP contribution < -0.4 is 5.11 Å². The Morgan fingerprint density at radius 3 is 2.52 bits per heavy atom. The van der Waals surface area contributed by atoms with Gasteiger partial charge in [0.15, 0.2) is 5.60 Å². The molecule has 3 aliphatic rings. The first kappa shape index (κ1) is 20.9. The van der Waals surface area contributed by atoms with Crippen LogP contribution in [0.15, 0.2) is 64.5 Å². The van der Waals surface area contributed by atoms with Gasteiger partial charge in [0, 0.05) is 21.0 Å². The van der Waals surface area contributed by atoms with Crippen LogP contribution in [0, 0.1) is 5.92 Å². The van der Waals surface area contributed by atoms with Crippen LogP contribution in [0.3, 0.4) is 0 Å². The summed E-state index contributed by atoms with van der Waals surface area (Å²) in [6.45, 7) is 2.23. The lowest BCUT2D eigenvalue weighted by molar-refractivity contribution is -0.322. The third-order valence-electron chi connectivity index (χ3n) is 6.80. The fraction of sp³-hybridized carbons (Fsp3) is 0.320. The van der Waals surface area contributed by atoms with Crippen LogP contribution in [0.1, 0.15) is 42.0 Å². The lowest BCUT2D eigenvalue weighted by Crippen LogP contribution is -2.47. The van der Waals surface area contributed by atoms with E-state index in [2.05, 4.69) is 32.3 Å². The van der Waals surface area contributed by atoms with Gasteiger partial charge in [0.25, 0.3) is 0 Å². The van der Waals surface area contributed by atoms with Gasteiger partial charge in [-0.1, -0.05) is 52.3 Å². The molecule has 4 heterocycles. The number of rotatable bonds is 5. The van der Waals surface area contributed by atoms with Crippen molar-refractivity contribution in [3.05, 3.63) is 81.1 Å². The van der Waals surface area contributed by atoms with Gasteiger partial charge in [-0.05, 0) is 78.5 Å². The Balaban J connectivity index is 1.67. The Morgan fingerprint density at radius 1 is 1.13 bits per heavy atom. The van der Waals surface area contributed by atoms with E-state index in [0.29, 0.717) is 11.6 Å². The third kappa shape index (κ3) is 3.55. The monoisotopic (exact) mass is 496 g/mol. The number of carbonyl (C=O) groups excluding carboxylic acids is 1. The van der Waals surface area contributed by atoms with Crippen molar-refractivity contribution in [3.8, 4) is 10.4 Å². The van der Waals surface area contributed by atoms with Crippen molar-refractivity contribution in [1.82, 2.24) is 4.90 Å². The minimum atomic E-state index is -2.25. The predicted molar refractivity (Wildman–Crippen MR) is 124 cm³/mol. The zero-order chi connectivity index (χ0) is 21.6. The van der Waals surface area contributed by atoms with E-state index in [9.17, 15) is 15.0 Å². The van der Waals surface area contributed by atoms with Crippen molar-refractivity contribution < 1.29 is 15.0 Å². The van der Waals surface area contributed by atoms with Crippen molar-refractivity contribution in [2.45, 2.75) is 30.9 Å². The molecule has 31 heavy (non-hydrogen) atoms. The normalized spacial score (nSPS) is 24.6. The molecule has 0 spiro atoms. The molecule has 4 nitrogen and oxygen atoms in total. The van der Waals surface area contributed by atoms with Crippen LogP contribution >= 0.6 is 27.3 Å². The number of carbonyl (C=O) groups is 1. The topological polar surface area (TPSA) is 63.6 Å². The number of piperidine rings is 3. The molecule has 1 aromatic heterocycles. The molecule has 3 fully saturated rings. The van der Waals surface area contributed by atoms with Gasteiger partial charge in [-0.2, -0.15) is 0 Å². The van der Waals surface area contributed by atoms with Crippen molar-refractivity contribution in [3.63, 3.8) is 0 Å². The molecule has 2 bridgehead atoms. The molecular weight excluding hydrogens is 474 g/mol. The Morgan fingerprint density at radius 2 is 1.87 bits per heavy atom. The number of fused-ring (bicyclic) bond motifs is 3. The second kappa shape index (κ2) is 8.17. The molecule has 3 aliphatic heterocycles. The van der Waals surface area contributed by atoms with E-state index < -0.39 is 11.6 Å². The summed E-state index contributed by atoms with van der Waals surface area (Å²) in [6, 6.07) is 16.4. The minimum Gasteiger partial charge on any atom is -0.546 e. The Bertz CT molecular complexity index is 1110. The van der Waals surface area contributed by atoms with Gasteiger partial charge in [-0.25, -0.2) is 0 Å². The van der Waals surface area contributed by atoms with Crippen molar-refractivity contribution in [1.29, 1.82) is 0 Å². The number of thiophene rings is 1. The maximum absolute atomic E-state index is 12.3. The van der Waals surface area contributed by atoms with Crippen LogP contribution in [0.2, 0.25) is 0 Å². The van der Waals surface area contributed by atoms with Gasteiger partial charge in [0.05, 0.1) is 5.97 Å². The Kier molecular flexibility index (Phi) is 5.51. The number of benzene rings is 2. The van der Waals surface area contributed by atoms with E-state index in [0.717, 1.165) is 40.3 Å². The first-order valence-corrected chi connectivity index (χ1v) is 12.3. The molecule has 160 valence electrons. The average molecular weight is 497 g/mol. The summed E-state index contributed by atoms with van der Waals surface area (Å²) in [5, 5.41) is 25.9. The number of aliphatic hydroxyl groups is 1. The first-order chi connectivity index (χ1) is 15.0. The maximum atomic E-state index is 12.3. The van der Waals surface area contributed by atoms with E-state index in [1.54, 1.807) is 53.8 Å². The van der Waals surface area contributed by atoms with Crippen molar-refractivity contribution >= 4 is 33.2 Å². The molecular formula is C25H23BrNO3S-. The predicted octanol–water partition coefficient (Wildman–Crippen LogP) is 4.32. The van der Waals surface area contributed by atoms with Crippen LogP contribution in [0.25, 0.3) is 10.4 Å². The van der Waals surface area contributed by atoms with Crippen LogP contribution in [-0.4, -0.2) is 29.1 Å². The number of carboxylic acid groups (broad SMARTS) is 1. The number of aliphatic carboxylic acids is 1. The molecule has 2 unspecified atom stereocenters. The van der Waals surface area contributed by atoms with Gasteiger partial charge in [-0.3, -0.25) is 4.90 Å². The van der Waals surface area contributed by atoms with Crippen LogP contribution in [-0.2, 0) is 10.4 Å². The molecule has 3 aromatic rings. The van der Waals surface area contributed by atoms with Gasteiger partial charge >= 0.3 is 0 Å². The molecule has 3 saturated heterocycles. The number of hydrogen-bond acceptors (Lipinski definition) is 5. The largest absolute Gasteiger partial charge is 0.546 e. The summed E-state index contributed by atoms with van der Waals surface area (Å²) in [4.78, 5) is 15.9. The SMILES string of the molecule is O=C([O-])C(O)(c1ccccc1)c1ccc(Br)cc1-c1sccc1C1CC2CCN1CC2. The average Bonchev–Trinajstić information content (AvgIpc) is 3.29. The summed E-state index contributed by atoms with van der Waals surface area (Å²) in [6.07, 6.45) is 3.66. The quantitative estimate of drug-likeness (QED) is 0.571. The number of hydrogen-bond donors (Lipinski definition) is 1. The van der Waals surface area contributed by atoms with Crippen LogP contribution in [0.4, 0.5) is 0 Å². The first-order valence-electron chi connectivity index (χ1n) is 10.6. The molecule has 6 rings (SSSR count). The minimum absolute atomic E-state index is 0.289. The van der Waals surface area contributed by atoms with Crippen molar-refractivity contribution in [2.75, 3.05) is 13.1 Å². The highest BCUT2D eigenvalue weighted by Gasteiger charge is 2.39. The summed E-state index contributed by atoms with van der Waals surface area (Å²) in [5.41, 5.74) is 0.337. The molecule has 0 amide bonds. The van der Waals surface area contributed by atoms with E-state index >= 15 is 0 Å². The lowest BCUT2D eigenvalue weighted by Gasteiger charge is -2.45. The molecule has 2 atom stereocenters. The fourth-order valence-corrected chi connectivity index (χ4v) is 6.52. The highest BCUT2D eigenvalue weighted by molar-refractivity contribution is 9.10. The fourth-order valence-electron chi connectivity index (χ4n) is 5.17. The summed E-state index contributed by atoms with van der Waals surface area (Å²) >= 11 is 5.14. The van der Waals surface area contributed by atoms with Gasteiger partial charge in [0.2, 0.25) is 0 Å². The Hall–Kier alpha value is -1.99. The third-order valence-corrected chi connectivity index (χ3v) is 8.26. The molecule has 0 radical (unpaired) electrons. The Labute approximate surface area is 194 Å². The summed E-state index contributed by atoms with van der Waals surface area (Å²) in [7, 11) is 0. The second-order valence-electron chi connectivity index (χ2n) is 8.49. The van der Waals surface area contributed by atoms with Gasteiger partial charge < -0.3 is 15.0 Å². The summed E-state index contributed by atoms with van der Waals surface area (Å²) < 4.78 is 0.838. The highest BCUT2D eigenvalue weighted by atomic mass is 79.9. The van der Waals surface area contributed by atoms with Crippen LogP contribution in [0.5, 0.6) is 0 Å². The second-order valence-corrected chi connectivity index (χ2v) is 10.3. The summed E-state index contributed by atoms with van der Waals surface area (Å²) in [5.74, 6) is -0.768. The molecule has 2 aromatic carbocycles. The molecule has 6 heteroatoms. The van der Waals surface area contributed by atoms with E-state index in [1.165, 1.54) is 18.4 Å². The molecule has 0 aliphatic carbocycles. The van der Waals surface area contributed by atoms with Gasteiger partial charge in [0.1, 0.15) is 0 Å².